The van der Waals surface area contributed by atoms with Crippen LogP contribution < -0.4 is 5.32 Å². The van der Waals surface area contributed by atoms with E-state index in [1.165, 1.54) is 5.56 Å². The van der Waals surface area contributed by atoms with Gasteiger partial charge in [-0.15, -0.1) is 0 Å². The van der Waals surface area contributed by atoms with Crippen molar-refractivity contribution in [3.8, 4) is 0 Å². The second-order valence-electron chi connectivity index (χ2n) is 5.53. The number of rotatable bonds is 3. The molecule has 2 N–H and O–H groups in total. The van der Waals surface area contributed by atoms with Gasteiger partial charge in [-0.05, 0) is 43.2 Å². The highest BCUT2D eigenvalue weighted by Crippen LogP contribution is 2.35. The summed E-state index contributed by atoms with van der Waals surface area (Å²) in [5.41, 5.74) is 1.33. The Morgan fingerprint density at radius 2 is 2.17 bits per heavy atom. The number of amides is 1. The molecule has 0 heterocycles. The minimum atomic E-state index is -0.876. The molecule has 0 bridgehead atoms. The molecule has 3 nitrogen and oxygen atoms in total. The minimum Gasteiger partial charge on any atom is -0.383 e. The molecule has 18 heavy (non-hydrogen) atoms. The predicted octanol–water partition coefficient (Wildman–Crippen LogP) is 1.74. The molecule has 3 heteroatoms. The number of benzene rings is 1. The second-order valence-corrected chi connectivity index (χ2v) is 5.53. The predicted molar refractivity (Wildman–Crippen MR) is 69.0 cm³/mol. The van der Waals surface area contributed by atoms with Crippen molar-refractivity contribution in [2.75, 3.05) is 6.54 Å². The van der Waals surface area contributed by atoms with Gasteiger partial charge in [0.25, 0.3) is 0 Å². The van der Waals surface area contributed by atoms with Crippen LogP contribution in [0.2, 0.25) is 0 Å². The molecule has 1 aromatic rings. The number of hydrogen-bond donors (Lipinski definition) is 2. The highest BCUT2D eigenvalue weighted by molar-refractivity contribution is 5.80. The van der Waals surface area contributed by atoms with Gasteiger partial charge in [-0.1, -0.05) is 24.3 Å². The van der Waals surface area contributed by atoms with Crippen LogP contribution in [0.4, 0.5) is 0 Å². The van der Waals surface area contributed by atoms with Crippen molar-refractivity contribution >= 4 is 5.91 Å². The zero-order valence-corrected chi connectivity index (χ0v) is 10.5. The monoisotopic (exact) mass is 245 g/mol. The van der Waals surface area contributed by atoms with Gasteiger partial charge in [0.1, 0.15) is 5.60 Å². The Balaban J connectivity index is 1.75. The maximum atomic E-state index is 11.7. The van der Waals surface area contributed by atoms with E-state index >= 15 is 0 Å². The van der Waals surface area contributed by atoms with Crippen molar-refractivity contribution in [3.63, 3.8) is 0 Å². The Kier molecular flexibility index (Phi) is 2.86. The van der Waals surface area contributed by atoms with Gasteiger partial charge in [0.2, 0.25) is 5.91 Å². The summed E-state index contributed by atoms with van der Waals surface area (Å²) in [4.78, 5) is 11.7. The molecule has 1 atom stereocenters. The highest BCUT2D eigenvalue weighted by atomic mass is 16.3. The van der Waals surface area contributed by atoms with Gasteiger partial charge in [0, 0.05) is 5.92 Å². The fraction of sp³-hybridized carbons (Fsp3) is 0.533. The van der Waals surface area contributed by atoms with Crippen LogP contribution in [-0.2, 0) is 16.8 Å². The third-order valence-corrected chi connectivity index (χ3v) is 4.06. The van der Waals surface area contributed by atoms with Gasteiger partial charge < -0.3 is 10.4 Å². The van der Waals surface area contributed by atoms with Gasteiger partial charge in [0.05, 0.1) is 6.54 Å². The Morgan fingerprint density at radius 1 is 1.39 bits per heavy atom. The Labute approximate surface area is 107 Å². The van der Waals surface area contributed by atoms with Crippen molar-refractivity contribution in [3.05, 3.63) is 35.4 Å². The molecule has 1 saturated carbocycles. The topological polar surface area (TPSA) is 49.3 Å². The lowest BCUT2D eigenvalue weighted by Crippen LogP contribution is -2.43. The van der Waals surface area contributed by atoms with Crippen LogP contribution in [0.1, 0.15) is 36.8 Å². The van der Waals surface area contributed by atoms with E-state index in [1.807, 2.05) is 18.2 Å². The number of hydrogen-bond acceptors (Lipinski definition) is 2. The standard InChI is InChI=1S/C15H19NO2/c17-14(12-7-8-12)16-10-15(18)9-3-5-11-4-1-2-6-13(11)15/h1-2,4,6,12,18H,3,5,7-10H2,(H,16,17). The first kappa shape index (κ1) is 11.7. The van der Waals surface area contributed by atoms with E-state index < -0.39 is 5.60 Å². The van der Waals surface area contributed by atoms with E-state index in [4.69, 9.17) is 0 Å². The summed E-state index contributed by atoms with van der Waals surface area (Å²) < 4.78 is 0. The molecule has 2 aliphatic carbocycles. The number of carbonyl (C=O) groups is 1. The number of nitrogens with one attached hydrogen (secondary N) is 1. The van der Waals surface area contributed by atoms with E-state index in [9.17, 15) is 9.90 Å². The molecular formula is C15H19NO2. The lowest BCUT2D eigenvalue weighted by Gasteiger charge is -2.34. The largest absolute Gasteiger partial charge is 0.383 e. The molecule has 1 unspecified atom stereocenters. The van der Waals surface area contributed by atoms with E-state index in [1.54, 1.807) is 0 Å². The fourth-order valence-electron chi connectivity index (χ4n) is 2.81. The lowest BCUT2D eigenvalue weighted by molar-refractivity contribution is -0.123. The second kappa shape index (κ2) is 4.39. The van der Waals surface area contributed by atoms with Gasteiger partial charge >= 0.3 is 0 Å². The molecule has 2 aliphatic rings. The summed E-state index contributed by atoms with van der Waals surface area (Å²) in [7, 11) is 0. The van der Waals surface area contributed by atoms with Crippen LogP contribution in [0.3, 0.4) is 0 Å². The summed E-state index contributed by atoms with van der Waals surface area (Å²) in [6.45, 7) is 0.347. The maximum absolute atomic E-state index is 11.7. The van der Waals surface area contributed by atoms with Gasteiger partial charge in [-0.3, -0.25) is 4.79 Å². The van der Waals surface area contributed by atoms with E-state index in [0.29, 0.717) is 6.54 Å². The maximum Gasteiger partial charge on any atom is 0.223 e. The quantitative estimate of drug-likeness (QED) is 0.852. The lowest BCUT2D eigenvalue weighted by atomic mass is 9.79. The Hall–Kier alpha value is -1.35. The summed E-state index contributed by atoms with van der Waals surface area (Å²) in [6, 6.07) is 8.02. The van der Waals surface area contributed by atoms with E-state index in [2.05, 4.69) is 11.4 Å². The SMILES string of the molecule is O=C(NCC1(O)CCCc2ccccc21)C1CC1. The minimum absolute atomic E-state index is 0.103. The molecule has 1 aromatic carbocycles. The van der Waals surface area contributed by atoms with Crippen molar-refractivity contribution in [1.29, 1.82) is 0 Å². The summed E-state index contributed by atoms with van der Waals surface area (Å²) in [5, 5.41) is 13.7. The molecule has 96 valence electrons. The third kappa shape index (κ3) is 2.15. The summed E-state index contributed by atoms with van der Waals surface area (Å²) >= 11 is 0. The first-order valence-electron chi connectivity index (χ1n) is 6.77. The molecule has 3 rings (SSSR count). The smallest absolute Gasteiger partial charge is 0.223 e. The molecule has 0 aliphatic heterocycles. The average molecular weight is 245 g/mol. The third-order valence-electron chi connectivity index (χ3n) is 4.06. The van der Waals surface area contributed by atoms with E-state index in [-0.39, 0.29) is 11.8 Å². The zero-order chi connectivity index (χ0) is 12.6. The van der Waals surface area contributed by atoms with Crippen LogP contribution in [0.25, 0.3) is 0 Å². The van der Waals surface area contributed by atoms with Crippen LogP contribution >= 0.6 is 0 Å². The zero-order valence-electron chi connectivity index (χ0n) is 10.5. The Bertz CT molecular complexity index is 467. The van der Waals surface area contributed by atoms with Gasteiger partial charge in [0.15, 0.2) is 0 Å². The molecule has 0 radical (unpaired) electrons. The highest BCUT2D eigenvalue weighted by Gasteiger charge is 2.36. The van der Waals surface area contributed by atoms with Crippen LogP contribution in [0, 0.1) is 5.92 Å². The molecular weight excluding hydrogens is 226 g/mol. The molecule has 1 amide bonds. The van der Waals surface area contributed by atoms with Crippen molar-refractivity contribution in [2.24, 2.45) is 5.92 Å². The Morgan fingerprint density at radius 3 is 2.94 bits per heavy atom. The molecule has 0 aromatic heterocycles. The number of aliphatic hydroxyl groups is 1. The normalized spacial score (nSPS) is 26.5. The molecule has 1 fully saturated rings. The van der Waals surface area contributed by atoms with Crippen LogP contribution in [0.15, 0.2) is 24.3 Å². The first-order chi connectivity index (χ1) is 8.69. The number of carbonyl (C=O) groups excluding carboxylic acids is 1. The number of aryl methyl sites for hydroxylation is 1. The summed E-state index contributed by atoms with van der Waals surface area (Å²) in [6.07, 6.45) is 4.73. The molecule has 0 saturated heterocycles. The average Bonchev–Trinajstić information content (AvgIpc) is 3.21. The fourth-order valence-corrected chi connectivity index (χ4v) is 2.81. The number of fused-ring (bicyclic) bond motifs is 1. The first-order valence-corrected chi connectivity index (χ1v) is 6.77. The van der Waals surface area contributed by atoms with Crippen LogP contribution in [-0.4, -0.2) is 17.6 Å². The summed E-state index contributed by atoms with van der Waals surface area (Å²) in [5.74, 6) is 0.305. The molecule has 0 spiro atoms. The van der Waals surface area contributed by atoms with Gasteiger partial charge in [-0.2, -0.15) is 0 Å². The van der Waals surface area contributed by atoms with Crippen molar-refractivity contribution in [1.82, 2.24) is 5.32 Å². The van der Waals surface area contributed by atoms with Crippen LogP contribution in [0.5, 0.6) is 0 Å². The van der Waals surface area contributed by atoms with E-state index in [0.717, 1.165) is 37.7 Å². The van der Waals surface area contributed by atoms with Crippen molar-refractivity contribution in [2.45, 2.75) is 37.7 Å². The van der Waals surface area contributed by atoms with Crippen molar-refractivity contribution < 1.29 is 9.90 Å². The van der Waals surface area contributed by atoms with Gasteiger partial charge in [-0.25, -0.2) is 0 Å².